The first-order valence-electron chi connectivity index (χ1n) is 6.57. The average molecular weight is 274 g/mol. The molecule has 0 amide bonds. The maximum absolute atomic E-state index is 12.2. The van der Waals surface area contributed by atoms with E-state index in [0.717, 1.165) is 12.0 Å². The molecule has 2 aromatic rings. The van der Waals surface area contributed by atoms with E-state index in [1.807, 2.05) is 38.1 Å². The molecule has 20 heavy (non-hydrogen) atoms. The van der Waals surface area contributed by atoms with Crippen LogP contribution in [-0.2, 0) is 7.05 Å². The van der Waals surface area contributed by atoms with E-state index in [1.54, 1.807) is 7.05 Å². The summed E-state index contributed by atoms with van der Waals surface area (Å²) in [6, 6.07) is 8.66. The first-order valence-corrected chi connectivity index (χ1v) is 6.57. The molecule has 0 N–H and O–H groups in total. The average Bonchev–Trinajstić information content (AvgIpc) is 2.43. The molecule has 0 aliphatic carbocycles. The van der Waals surface area contributed by atoms with Gasteiger partial charge in [-0.25, -0.2) is 9.36 Å². The third-order valence-corrected chi connectivity index (χ3v) is 3.01. The maximum Gasteiger partial charge on any atom is 0.307 e. The van der Waals surface area contributed by atoms with Gasteiger partial charge in [0.2, 0.25) is 0 Å². The zero-order chi connectivity index (χ0) is 14.7. The van der Waals surface area contributed by atoms with Crippen LogP contribution in [0.25, 0.3) is 5.69 Å². The van der Waals surface area contributed by atoms with Crippen LogP contribution in [0.15, 0.2) is 39.9 Å². The first kappa shape index (κ1) is 14.1. The highest BCUT2D eigenvalue weighted by Gasteiger charge is 2.11. The molecular weight excluding hydrogens is 256 g/mol. The van der Waals surface area contributed by atoms with Gasteiger partial charge in [-0.1, -0.05) is 24.6 Å². The molecule has 0 radical (unpaired) electrons. The van der Waals surface area contributed by atoms with Crippen LogP contribution >= 0.6 is 0 Å². The second kappa shape index (κ2) is 5.77. The number of aromatic nitrogens is 2. The molecule has 1 aromatic carbocycles. The molecule has 0 aliphatic heterocycles. The van der Waals surface area contributed by atoms with Gasteiger partial charge in [-0.05, 0) is 25.5 Å². The Morgan fingerprint density at radius 1 is 1.15 bits per heavy atom. The molecule has 5 heteroatoms. The second-order valence-corrected chi connectivity index (χ2v) is 4.67. The Balaban J connectivity index is 2.56. The van der Waals surface area contributed by atoms with Gasteiger partial charge in [0.1, 0.15) is 0 Å². The van der Waals surface area contributed by atoms with E-state index in [4.69, 9.17) is 4.74 Å². The van der Waals surface area contributed by atoms with Crippen molar-refractivity contribution < 1.29 is 4.74 Å². The molecule has 5 nitrogen and oxygen atoms in total. The van der Waals surface area contributed by atoms with E-state index in [-0.39, 0.29) is 16.9 Å². The Morgan fingerprint density at radius 2 is 1.80 bits per heavy atom. The minimum absolute atomic E-state index is 0.0997. The van der Waals surface area contributed by atoms with Gasteiger partial charge in [-0.3, -0.25) is 9.59 Å². The summed E-state index contributed by atoms with van der Waals surface area (Å²) in [6.07, 6.45) is 0.782. The molecule has 106 valence electrons. The van der Waals surface area contributed by atoms with E-state index in [9.17, 15) is 9.59 Å². The van der Waals surface area contributed by atoms with Crippen LogP contribution < -0.4 is 15.9 Å². The topological polar surface area (TPSA) is 53.2 Å². The van der Waals surface area contributed by atoms with Gasteiger partial charge in [0, 0.05) is 7.05 Å². The highest BCUT2D eigenvalue weighted by Crippen LogP contribution is 2.07. The number of rotatable bonds is 4. The number of benzene rings is 1. The van der Waals surface area contributed by atoms with Crippen molar-refractivity contribution in [1.29, 1.82) is 0 Å². The zero-order valence-corrected chi connectivity index (χ0v) is 11.9. The van der Waals surface area contributed by atoms with Crippen molar-refractivity contribution in [1.82, 2.24) is 9.36 Å². The quantitative estimate of drug-likeness (QED) is 0.851. The molecule has 1 heterocycles. The summed E-state index contributed by atoms with van der Waals surface area (Å²) in [7, 11) is 1.56. The van der Waals surface area contributed by atoms with Crippen LogP contribution in [0.5, 0.6) is 5.75 Å². The number of aryl methyl sites for hydroxylation is 1. The molecule has 0 bridgehead atoms. The normalized spacial score (nSPS) is 10.6. The smallest absolute Gasteiger partial charge is 0.307 e. The van der Waals surface area contributed by atoms with Gasteiger partial charge in [0.05, 0.1) is 18.4 Å². The van der Waals surface area contributed by atoms with Gasteiger partial charge < -0.3 is 4.74 Å². The van der Waals surface area contributed by atoms with Crippen LogP contribution in [0.1, 0.15) is 18.9 Å². The first-order chi connectivity index (χ1) is 9.54. The van der Waals surface area contributed by atoms with Gasteiger partial charge in [-0.15, -0.1) is 0 Å². The van der Waals surface area contributed by atoms with Crippen molar-refractivity contribution in [2.75, 3.05) is 6.61 Å². The molecule has 0 unspecified atom stereocenters. The van der Waals surface area contributed by atoms with Crippen molar-refractivity contribution in [2.45, 2.75) is 20.3 Å². The Morgan fingerprint density at radius 3 is 2.40 bits per heavy atom. The monoisotopic (exact) mass is 274 g/mol. The Bertz CT molecular complexity index is 711. The lowest BCUT2D eigenvalue weighted by atomic mass is 10.2. The van der Waals surface area contributed by atoms with Crippen molar-refractivity contribution in [3.8, 4) is 11.4 Å². The molecule has 0 saturated heterocycles. The fraction of sp³-hybridized carbons (Fsp3) is 0.333. The van der Waals surface area contributed by atoms with Crippen LogP contribution in [-0.4, -0.2) is 16.0 Å². The fourth-order valence-corrected chi connectivity index (χ4v) is 1.93. The predicted octanol–water partition coefficient (Wildman–Crippen LogP) is 1.63. The van der Waals surface area contributed by atoms with Crippen LogP contribution in [0.4, 0.5) is 0 Å². The summed E-state index contributed by atoms with van der Waals surface area (Å²) in [4.78, 5) is 24.4. The summed E-state index contributed by atoms with van der Waals surface area (Å²) in [5.74, 6) is 0.0997. The van der Waals surface area contributed by atoms with Crippen molar-refractivity contribution in [3.63, 3.8) is 0 Å². The standard InChI is InChI=1S/C15H18N2O3/c1-4-9-20-13-10-14(18)17(16(3)15(13)19)12-7-5-11(2)6-8-12/h5-8,10H,4,9H2,1-3H3. The van der Waals surface area contributed by atoms with Gasteiger partial charge in [-0.2, -0.15) is 0 Å². The van der Waals surface area contributed by atoms with E-state index in [0.29, 0.717) is 12.3 Å². The number of ether oxygens (including phenoxy) is 1. The SMILES string of the molecule is CCCOc1cc(=O)n(-c2ccc(C)cc2)n(C)c1=O. The van der Waals surface area contributed by atoms with E-state index in [2.05, 4.69) is 0 Å². The van der Waals surface area contributed by atoms with Gasteiger partial charge >= 0.3 is 5.56 Å². The number of hydrogen-bond acceptors (Lipinski definition) is 3. The molecular formula is C15H18N2O3. The van der Waals surface area contributed by atoms with E-state index < -0.39 is 0 Å². The minimum Gasteiger partial charge on any atom is -0.488 e. The van der Waals surface area contributed by atoms with E-state index in [1.165, 1.54) is 15.4 Å². The van der Waals surface area contributed by atoms with Crippen molar-refractivity contribution in [3.05, 3.63) is 56.6 Å². The van der Waals surface area contributed by atoms with Gasteiger partial charge in [0.15, 0.2) is 5.75 Å². The van der Waals surface area contributed by atoms with Crippen molar-refractivity contribution in [2.24, 2.45) is 7.05 Å². The lowest BCUT2D eigenvalue weighted by Gasteiger charge is -2.13. The molecule has 0 spiro atoms. The molecule has 0 fully saturated rings. The number of hydrogen-bond donors (Lipinski definition) is 0. The Hall–Kier alpha value is -2.30. The highest BCUT2D eigenvalue weighted by molar-refractivity contribution is 5.34. The van der Waals surface area contributed by atoms with E-state index >= 15 is 0 Å². The van der Waals surface area contributed by atoms with Crippen LogP contribution in [0, 0.1) is 6.92 Å². The van der Waals surface area contributed by atoms with Crippen molar-refractivity contribution >= 4 is 0 Å². The third-order valence-electron chi connectivity index (χ3n) is 3.01. The maximum atomic E-state index is 12.2. The lowest BCUT2D eigenvalue weighted by molar-refractivity contribution is 0.306. The molecule has 0 saturated carbocycles. The molecule has 0 atom stereocenters. The number of nitrogens with zero attached hydrogens (tertiary/aromatic N) is 2. The predicted molar refractivity (Wildman–Crippen MR) is 77.8 cm³/mol. The summed E-state index contributed by atoms with van der Waals surface area (Å²) < 4.78 is 7.92. The Kier molecular flexibility index (Phi) is 4.08. The highest BCUT2D eigenvalue weighted by atomic mass is 16.5. The lowest BCUT2D eigenvalue weighted by Crippen LogP contribution is -2.36. The molecule has 1 aromatic heterocycles. The van der Waals surface area contributed by atoms with Gasteiger partial charge in [0.25, 0.3) is 5.56 Å². The Labute approximate surface area is 117 Å². The van der Waals surface area contributed by atoms with Crippen LogP contribution in [0.2, 0.25) is 0 Å². The fourth-order valence-electron chi connectivity index (χ4n) is 1.93. The summed E-state index contributed by atoms with van der Waals surface area (Å²) >= 11 is 0. The third kappa shape index (κ3) is 2.66. The summed E-state index contributed by atoms with van der Waals surface area (Å²) in [5, 5.41) is 0. The molecule has 2 rings (SSSR count). The largest absolute Gasteiger partial charge is 0.488 e. The summed E-state index contributed by atoms with van der Waals surface area (Å²) in [6.45, 7) is 4.33. The molecule has 0 aliphatic rings. The van der Waals surface area contributed by atoms with Crippen LogP contribution in [0.3, 0.4) is 0 Å². The second-order valence-electron chi connectivity index (χ2n) is 4.67. The minimum atomic E-state index is -0.321. The zero-order valence-electron chi connectivity index (χ0n) is 11.9. The summed E-state index contributed by atoms with van der Waals surface area (Å²) in [5.41, 5.74) is 1.14.